The lowest BCUT2D eigenvalue weighted by Crippen LogP contribution is -2.59. The van der Waals surface area contributed by atoms with Gasteiger partial charge in [0, 0.05) is 18.6 Å². The lowest BCUT2D eigenvalue weighted by atomic mass is 9.75. The summed E-state index contributed by atoms with van der Waals surface area (Å²) in [5.74, 6) is -0.0580. The van der Waals surface area contributed by atoms with Crippen LogP contribution in [0.25, 0.3) is 0 Å². The van der Waals surface area contributed by atoms with Crippen LogP contribution >= 0.6 is 0 Å². The van der Waals surface area contributed by atoms with Gasteiger partial charge in [-0.1, -0.05) is 26.2 Å². The normalized spacial score (nSPS) is 41.5. The molecule has 3 fully saturated rings. The number of fused-ring (bicyclic) bond motifs is 1. The number of carboxylic acid groups (broad SMARTS) is 1. The van der Waals surface area contributed by atoms with Gasteiger partial charge < -0.3 is 9.84 Å². The van der Waals surface area contributed by atoms with E-state index in [2.05, 4.69) is 11.8 Å². The second kappa shape index (κ2) is 6.66. The van der Waals surface area contributed by atoms with E-state index in [-0.39, 0.29) is 12.0 Å². The number of carboxylic acids is 1. The zero-order valence-electron chi connectivity index (χ0n) is 13.2. The molecule has 0 aromatic carbocycles. The minimum absolute atomic E-state index is 0.173. The number of morpholine rings is 1. The molecule has 0 spiro atoms. The van der Waals surface area contributed by atoms with Crippen molar-refractivity contribution in [3.63, 3.8) is 0 Å². The van der Waals surface area contributed by atoms with Crippen molar-refractivity contribution in [2.75, 3.05) is 13.2 Å². The monoisotopic (exact) mass is 295 g/mol. The Morgan fingerprint density at radius 1 is 1.19 bits per heavy atom. The highest BCUT2D eigenvalue weighted by Crippen LogP contribution is 2.38. The van der Waals surface area contributed by atoms with E-state index in [1.165, 1.54) is 25.7 Å². The SMILES string of the molecule is CCC1CCC(C(=O)O)C(N2CCOC3CCCCC32)C1. The number of rotatable bonds is 3. The van der Waals surface area contributed by atoms with Gasteiger partial charge in [-0.25, -0.2) is 0 Å². The van der Waals surface area contributed by atoms with Gasteiger partial charge in [-0.15, -0.1) is 0 Å². The fourth-order valence-corrected chi connectivity index (χ4v) is 4.79. The summed E-state index contributed by atoms with van der Waals surface area (Å²) in [5.41, 5.74) is 0. The molecule has 2 saturated carbocycles. The first kappa shape index (κ1) is 15.3. The third-order valence-electron chi connectivity index (χ3n) is 6.02. The second-order valence-corrected chi connectivity index (χ2v) is 7.10. The van der Waals surface area contributed by atoms with E-state index in [1.54, 1.807) is 0 Å². The number of carbonyl (C=O) groups is 1. The molecule has 5 atom stereocenters. The largest absolute Gasteiger partial charge is 0.481 e. The van der Waals surface area contributed by atoms with Crippen molar-refractivity contribution in [2.24, 2.45) is 11.8 Å². The quantitative estimate of drug-likeness (QED) is 0.870. The van der Waals surface area contributed by atoms with Crippen LogP contribution < -0.4 is 0 Å². The van der Waals surface area contributed by atoms with Gasteiger partial charge >= 0.3 is 5.97 Å². The minimum atomic E-state index is -0.589. The molecule has 2 aliphatic carbocycles. The van der Waals surface area contributed by atoms with Gasteiger partial charge in [-0.3, -0.25) is 9.69 Å². The standard InChI is InChI=1S/C17H29NO3/c1-2-12-7-8-13(17(19)20)15(11-12)18-9-10-21-16-6-4-3-5-14(16)18/h12-16H,2-11H2,1H3,(H,19,20). The summed E-state index contributed by atoms with van der Waals surface area (Å²) in [4.78, 5) is 14.2. The van der Waals surface area contributed by atoms with E-state index in [9.17, 15) is 9.90 Å². The zero-order chi connectivity index (χ0) is 14.8. The van der Waals surface area contributed by atoms with Gasteiger partial charge in [0.05, 0.1) is 18.6 Å². The Kier molecular flexibility index (Phi) is 4.85. The Balaban J connectivity index is 1.78. The van der Waals surface area contributed by atoms with Crippen LogP contribution in [-0.4, -0.2) is 47.3 Å². The van der Waals surface area contributed by atoms with Crippen LogP contribution in [0, 0.1) is 11.8 Å². The Labute approximate surface area is 127 Å². The Hall–Kier alpha value is -0.610. The van der Waals surface area contributed by atoms with E-state index in [0.29, 0.717) is 18.1 Å². The molecule has 1 saturated heterocycles. The summed E-state index contributed by atoms with van der Waals surface area (Å²) in [6.45, 7) is 3.94. The predicted octanol–water partition coefficient (Wildman–Crippen LogP) is 2.91. The van der Waals surface area contributed by atoms with Gasteiger partial charge in [-0.05, 0) is 38.0 Å². The van der Waals surface area contributed by atoms with Crippen molar-refractivity contribution in [3.8, 4) is 0 Å². The lowest BCUT2D eigenvalue weighted by molar-refractivity contribution is -0.154. The van der Waals surface area contributed by atoms with E-state index >= 15 is 0 Å². The van der Waals surface area contributed by atoms with Gasteiger partial charge in [0.15, 0.2) is 0 Å². The summed E-state index contributed by atoms with van der Waals surface area (Å²) in [6, 6.07) is 0.700. The molecule has 5 unspecified atom stereocenters. The average molecular weight is 295 g/mol. The van der Waals surface area contributed by atoms with Crippen LogP contribution in [0.4, 0.5) is 0 Å². The van der Waals surface area contributed by atoms with Crippen LogP contribution in [0.3, 0.4) is 0 Å². The molecule has 0 radical (unpaired) electrons. The summed E-state index contributed by atoms with van der Waals surface area (Å²) in [6.07, 6.45) is 9.41. The fraction of sp³-hybridized carbons (Fsp3) is 0.941. The molecule has 0 bridgehead atoms. The molecule has 4 nitrogen and oxygen atoms in total. The number of aliphatic carboxylic acids is 1. The smallest absolute Gasteiger partial charge is 0.308 e. The van der Waals surface area contributed by atoms with Crippen molar-refractivity contribution in [1.29, 1.82) is 0 Å². The van der Waals surface area contributed by atoms with Gasteiger partial charge in [0.1, 0.15) is 0 Å². The molecule has 1 heterocycles. The van der Waals surface area contributed by atoms with Crippen molar-refractivity contribution in [3.05, 3.63) is 0 Å². The molecule has 1 N–H and O–H groups in total. The summed E-state index contributed by atoms with van der Waals surface area (Å²) >= 11 is 0. The number of nitrogens with zero attached hydrogens (tertiary/aromatic N) is 1. The highest BCUT2D eigenvalue weighted by atomic mass is 16.5. The van der Waals surface area contributed by atoms with E-state index in [1.807, 2.05) is 0 Å². The predicted molar refractivity (Wildman–Crippen MR) is 81.2 cm³/mol. The van der Waals surface area contributed by atoms with E-state index in [4.69, 9.17) is 4.74 Å². The highest BCUT2D eigenvalue weighted by Gasteiger charge is 2.44. The topological polar surface area (TPSA) is 49.8 Å². The highest BCUT2D eigenvalue weighted by molar-refractivity contribution is 5.71. The van der Waals surface area contributed by atoms with E-state index < -0.39 is 5.97 Å². The Morgan fingerprint density at radius 3 is 2.76 bits per heavy atom. The maximum atomic E-state index is 11.7. The molecular formula is C17H29NO3. The van der Waals surface area contributed by atoms with Gasteiger partial charge in [-0.2, -0.15) is 0 Å². The van der Waals surface area contributed by atoms with Gasteiger partial charge in [0.25, 0.3) is 0 Å². The summed E-state index contributed by atoms with van der Waals surface area (Å²) in [5, 5.41) is 9.64. The van der Waals surface area contributed by atoms with E-state index in [0.717, 1.165) is 38.8 Å². The molecule has 21 heavy (non-hydrogen) atoms. The first-order valence-corrected chi connectivity index (χ1v) is 8.80. The molecule has 0 aromatic heterocycles. The lowest BCUT2D eigenvalue weighted by Gasteiger charge is -2.50. The summed E-state index contributed by atoms with van der Waals surface area (Å²) in [7, 11) is 0. The molecule has 3 rings (SSSR count). The number of hydrogen-bond acceptors (Lipinski definition) is 3. The first-order valence-electron chi connectivity index (χ1n) is 8.80. The molecule has 0 amide bonds. The third-order valence-corrected chi connectivity index (χ3v) is 6.02. The van der Waals surface area contributed by atoms with Gasteiger partial charge in [0.2, 0.25) is 0 Å². The van der Waals surface area contributed by atoms with Crippen molar-refractivity contribution in [1.82, 2.24) is 4.90 Å². The number of ether oxygens (including phenoxy) is 1. The minimum Gasteiger partial charge on any atom is -0.481 e. The first-order chi connectivity index (χ1) is 10.2. The van der Waals surface area contributed by atoms with Crippen LogP contribution in [0.5, 0.6) is 0 Å². The molecule has 3 aliphatic rings. The maximum Gasteiger partial charge on any atom is 0.308 e. The molecule has 120 valence electrons. The van der Waals surface area contributed by atoms with Crippen molar-refractivity contribution < 1.29 is 14.6 Å². The van der Waals surface area contributed by atoms with Crippen molar-refractivity contribution in [2.45, 2.75) is 76.5 Å². The van der Waals surface area contributed by atoms with Crippen molar-refractivity contribution >= 4 is 5.97 Å². The second-order valence-electron chi connectivity index (χ2n) is 7.10. The maximum absolute atomic E-state index is 11.7. The van der Waals surface area contributed by atoms with Crippen LogP contribution in [0.2, 0.25) is 0 Å². The molecule has 0 aromatic rings. The summed E-state index contributed by atoms with van der Waals surface area (Å²) < 4.78 is 5.96. The molecular weight excluding hydrogens is 266 g/mol. The zero-order valence-corrected chi connectivity index (χ0v) is 13.2. The Morgan fingerprint density at radius 2 is 2.00 bits per heavy atom. The van der Waals surface area contributed by atoms with Crippen LogP contribution in [0.1, 0.15) is 58.3 Å². The molecule has 1 aliphatic heterocycles. The molecule has 4 heteroatoms. The fourth-order valence-electron chi connectivity index (χ4n) is 4.79. The number of hydrogen-bond donors (Lipinski definition) is 1. The van der Waals surface area contributed by atoms with Crippen LogP contribution in [0.15, 0.2) is 0 Å². The third kappa shape index (κ3) is 3.11. The van der Waals surface area contributed by atoms with Crippen LogP contribution in [-0.2, 0) is 9.53 Å². The average Bonchev–Trinajstić information content (AvgIpc) is 2.53. The Bertz CT molecular complexity index is 371.